The number of thiazole rings is 1. The van der Waals surface area contributed by atoms with E-state index in [9.17, 15) is 4.79 Å². The summed E-state index contributed by atoms with van der Waals surface area (Å²) in [7, 11) is 0. The zero-order valence-electron chi connectivity index (χ0n) is 14.1. The van der Waals surface area contributed by atoms with Crippen molar-refractivity contribution in [2.24, 2.45) is 0 Å². The molecule has 3 nitrogen and oxygen atoms in total. The summed E-state index contributed by atoms with van der Waals surface area (Å²) in [5.74, 6) is 0.156. The second-order valence-electron chi connectivity index (χ2n) is 6.33. The molecule has 122 valence electrons. The predicted molar refractivity (Wildman–Crippen MR) is 96.0 cm³/mol. The molecule has 1 fully saturated rings. The van der Waals surface area contributed by atoms with Crippen LogP contribution in [0.2, 0.25) is 0 Å². The highest BCUT2D eigenvalue weighted by molar-refractivity contribution is 7.17. The Morgan fingerprint density at radius 3 is 2.70 bits per heavy atom. The number of rotatable bonds is 3. The largest absolute Gasteiger partial charge is 0.335 e. The lowest BCUT2D eigenvalue weighted by atomic mass is 10.0. The molecule has 1 aliphatic rings. The minimum Gasteiger partial charge on any atom is -0.335 e. The molecule has 2 aromatic rings. The van der Waals surface area contributed by atoms with E-state index in [0.717, 1.165) is 46.9 Å². The van der Waals surface area contributed by atoms with Crippen LogP contribution in [-0.2, 0) is 6.42 Å². The molecule has 0 saturated carbocycles. The van der Waals surface area contributed by atoms with Gasteiger partial charge in [-0.2, -0.15) is 0 Å². The van der Waals surface area contributed by atoms with Crippen LogP contribution in [0.1, 0.15) is 54.0 Å². The molecule has 0 spiro atoms. The van der Waals surface area contributed by atoms with Gasteiger partial charge in [0.2, 0.25) is 0 Å². The number of carbonyl (C=O) groups is 1. The van der Waals surface area contributed by atoms with Gasteiger partial charge < -0.3 is 4.90 Å². The van der Waals surface area contributed by atoms with Crippen LogP contribution in [0.4, 0.5) is 0 Å². The molecule has 1 unspecified atom stereocenters. The second kappa shape index (κ2) is 6.83. The summed E-state index contributed by atoms with van der Waals surface area (Å²) in [6.07, 6.45) is 4.48. The number of amides is 1. The number of aromatic nitrogens is 1. The molecule has 1 saturated heterocycles. The van der Waals surface area contributed by atoms with Crippen LogP contribution >= 0.6 is 11.3 Å². The lowest BCUT2D eigenvalue weighted by molar-refractivity contribution is 0.0639. The molecule has 1 aliphatic heterocycles. The number of likely N-dealkylation sites (tertiary alicyclic amines) is 1. The van der Waals surface area contributed by atoms with Gasteiger partial charge in [0.15, 0.2) is 0 Å². The molecular weight excluding hydrogens is 304 g/mol. The van der Waals surface area contributed by atoms with Crippen LogP contribution in [0.5, 0.6) is 0 Å². The molecule has 23 heavy (non-hydrogen) atoms. The van der Waals surface area contributed by atoms with Gasteiger partial charge in [0.05, 0.1) is 5.69 Å². The predicted octanol–water partition coefficient (Wildman–Crippen LogP) is 4.70. The zero-order chi connectivity index (χ0) is 16.4. The number of hydrogen-bond acceptors (Lipinski definition) is 3. The van der Waals surface area contributed by atoms with E-state index in [0.29, 0.717) is 6.04 Å². The summed E-state index contributed by atoms with van der Waals surface area (Å²) >= 11 is 1.53. The standard InChI is InChI=1S/C19H24N2OS/c1-4-15-8-10-16(11-9-15)18-20-14(3)17(23-18)19(22)21-12-6-5-7-13(21)2/h8-11,13H,4-7,12H2,1-3H3. The Labute approximate surface area is 142 Å². The first-order chi connectivity index (χ1) is 11.1. The van der Waals surface area contributed by atoms with E-state index in [2.05, 4.69) is 43.1 Å². The average Bonchev–Trinajstić information content (AvgIpc) is 2.96. The van der Waals surface area contributed by atoms with E-state index in [-0.39, 0.29) is 5.91 Å². The van der Waals surface area contributed by atoms with Gasteiger partial charge in [0, 0.05) is 18.2 Å². The van der Waals surface area contributed by atoms with Crippen LogP contribution in [0, 0.1) is 6.92 Å². The Bertz CT molecular complexity index is 690. The van der Waals surface area contributed by atoms with E-state index in [4.69, 9.17) is 0 Å². The van der Waals surface area contributed by atoms with Crippen LogP contribution in [0.15, 0.2) is 24.3 Å². The van der Waals surface area contributed by atoms with Gasteiger partial charge in [-0.1, -0.05) is 31.2 Å². The molecule has 0 N–H and O–H groups in total. The molecule has 1 amide bonds. The molecule has 1 atom stereocenters. The fourth-order valence-corrected chi connectivity index (χ4v) is 4.16. The molecule has 1 aromatic carbocycles. The second-order valence-corrected chi connectivity index (χ2v) is 7.33. The Morgan fingerprint density at radius 2 is 2.04 bits per heavy atom. The van der Waals surface area contributed by atoms with Crippen molar-refractivity contribution in [1.82, 2.24) is 9.88 Å². The van der Waals surface area contributed by atoms with E-state index in [1.54, 1.807) is 0 Å². The Morgan fingerprint density at radius 1 is 1.30 bits per heavy atom. The van der Waals surface area contributed by atoms with E-state index in [1.165, 1.54) is 23.3 Å². The number of piperidine rings is 1. The van der Waals surface area contributed by atoms with Gasteiger partial charge in [-0.25, -0.2) is 4.98 Å². The maximum Gasteiger partial charge on any atom is 0.266 e. The number of carbonyl (C=O) groups excluding carboxylic acids is 1. The van der Waals surface area contributed by atoms with E-state index >= 15 is 0 Å². The van der Waals surface area contributed by atoms with Crippen LogP contribution in [0.3, 0.4) is 0 Å². The highest BCUT2D eigenvalue weighted by Crippen LogP contribution is 2.30. The summed E-state index contributed by atoms with van der Waals surface area (Å²) in [6, 6.07) is 8.83. The topological polar surface area (TPSA) is 33.2 Å². The fourth-order valence-electron chi connectivity index (χ4n) is 3.13. The monoisotopic (exact) mass is 328 g/mol. The first kappa shape index (κ1) is 16.2. The fraction of sp³-hybridized carbons (Fsp3) is 0.474. The molecule has 1 aromatic heterocycles. The van der Waals surface area contributed by atoms with Gasteiger partial charge in [0.1, 0.15) is 9.88 Å². The summed E-state index contributed by atoms with van der Waals surface area (Å²) in [6.45, 7) is 7.12. The van der Waals surface area contributed by atoms with Gasteiger partial charge in [-0.3, -0.25) is 4.79 Å². The lowest BCUT2D eigenvalue weighted by Crippen LogP contribution is -2.41. The third-order valence-corrected chi connectivity index (χ3v) is 5.86. The van der Waals surface area contributed by atoms with Crippen molar-refractivity contribution in [3.05, 3.63) is 40.4 Å². The molecule has 4 heteroatoms. The maximum atomic E-state index is 12.9. The number of aryl methyl sites for hydroxylation is 2. The Hall–Kier alpha value is -1.68. The van der Waals surface area contributed by atoms with E-state index in [1.807, 2.05) is 11.8 Å². The third kappa shape index (κ3) is 3.32. The van der Waals surface area contributed by atoms with Gasteiger partial charge >= 0.3 is 0 Å². The number of nitrogens with zero attached hydrogens (tertiary/aromatic N) is 2. The SMILES string of the molecule is CCc1ccc(-c2nc(C)c(C(=O)N3CCCCC3C)s2)cc1. The highest BCUT2D eigenvalue weighted by Gasteiger charge is 2.27. The van der Waals surface area contributed by atoms with Gasteiger partial charge in [0.25, 0.3) is 5.91 Å². The van der Waals surface area contributed by atoms with Crippen LogP contribution in [-0.4, -0.2) is 28.4 Å². The van der Waals surface area contributed by atoms with Gasteiger partial charge in [-0.15, -0.1) is 11.3 Å². The number of benzene rings is 1. The normalized spacial score (nSPS) is 18.2. The molecule has 3 rings (SSSR count). The summed E-state index contributed by atoms with van der Waals surface area (Å²) < 4.78 is 0. The van der Waals surface area contributed by atoms with Crippen molar-refractivity contribution in [2.75, 3.05) is 6.54 Å². The molecule has 0 aliphatic carbocycles. The number of hydrogen-bond donors (Lipinski definition) is 0. The van der Waals surface area contributed by atoms with Crippen LogP contribution < -0.4 is 0 Å². The van der Waals surface area contributed by atoms with Crippen molar-refractivity contribution in [1.29, 1.82) is 0 Å². The smallest absolute Gasteiger partial charge is 0.266 e. The van der Waals surface area contributed by atoms with Crippen molar-refractivity contribution < 1.29 is 4.79 Å². The first-order valence-electron chi connectivity index (χ1n) is 8.48. The minimum atomic E-state index is 0.156. The van der Waals surface area contributed by atoms with E-state index < -0.39 is 0 Å². The first-order valence-corrected chi connectivity index (χ1v) is 9.29. The van der Waals surface area contributed by atoms with Crippen molar-refractivity contribution in [3.8, 4) is 10.6 Å². The van der Waals surface area contributed by atoms with Crippen molar-refractivity contribution in [2.45, 2.75) is 52.5 Å². The minimum absolute atomic E-state index is 0.156. The van der Waals surface area contributed by atoms with Crippen molar-refractivity contribution >= 4 is 17.2 Å². The summed E-state index contributed by atoms with van der Waals surface area (Å²) in [4.78, 5) is 20.3. The Balaban J connectivity index is 1.86. The molecule has 2 heterocycles. The third-order valence-electron chi connectivity index (χ3n) is 4.66. The van der Waals surface area contributed by atoms with Crippen LogP contribution in [0.25, 0.3) is 10.6 Å². The Kier molecular flexibility index (Phi) is 4.81. The molecule has 0 bridgehead atoms. The molecule has 0 radical (unpaired) electrons. The average molecular weight is 328 g/mol. The zero-order valence-corrected chi connectivity index (χ0v) is 14.9. The lowest BCUT2D eigenvalue weighted by Gasteiger charge is -2.33. The summed E-state index contributed by atoms with van der Waals surface area (Å²) in [5, 5.41) is 0.943. The molecular formula is C19H24N2OS. The summed E-state index contributed by atoms with van der Waals surface area (Å²) in [5.41, 5.74) is 3.27. The van der Waals surface area contributed by atoms with Crippen molar-refractivity contribution in [3.63, 3.8) is 0 Å². The quantitative estimate of drug-likeness (QED) is 0.818. The van der Waals surface area contributed by atoms with Gasteiger partial charge in [-0.05, 0) is 45.1 Å². The maximum absolute atomic E-state index is 12.9. The highest BCUT2D eigenvalue weighted by atomic mass is 32.1.